The maximum absolute atomic E-state index is 5.50. The number of aromatic nitrogens is 2. The summed E-state index contributed by atoms with van der Waals surface area (Å²) in [5.74, 6) is 0.850. The van der Waals surface area contributed by atoms with Crippen LogP contribution in [0.15, 0.2) is 52.6 Å². The van der Waals surface area contributed by atoms with Crippen LogP contribution in [0.3, 0.4) is 0 Å². The van der Waals surface area contributed by atoms with Crippen LogP contribution in [0.4, 0.5) is 0 Å². The summed E-state index contributed by atoms with van der Waals surface area (Å²) in [6.07, 6.45) is 3.76. The van der Waals surface area contributed by atoms with Gasteiger partial charge in [-0.1, -0.05) is 17.3 Å². The Labute approximate surface area is 151 Å². The minimum Gasteiger partial charge on any atom is -0.355 e. The molecule has 1 atom stereocenters. The van der Waals surface area contributed by atoms with E-state index in [1.54, 1.807) is 11.3 Å². The molecule has 126 valence electrons. The van der Waals surface area contributed by atoms with Gasteiger partial charge in [0, 0.05) is 50.7 Å². The molecule has 24 heavy (non-hydrogen) atoms. The second-order valence-electron chi connectivity index (χ2n) is 5.64. The summed E-state index contributed by atoms with van der Waals surface area (Å²) in [5.41, 5.74) is 2.21. The van der Waals surface area contributed by atoms with Crippen molar-refractivity contribution in [3.63, 3.8) is 0 Å². The molecule has 1 saturated heterocycles. The lowest BCUT2D eigenvalue weighted by Gasteiger charge is -2.35. The summed E-state index contributed by atoms with van der Waals surface area (Å²) in [5, 5.41) is 9.76. The smallest absolute Gasteiger partial charge is 0.177 e. The highest BCUT2D eigenvalue weighted by molar-refractivity contribution is 7.13. The van der Waals surface area contributed by atoms with Crippen LogP contribution < -0.4 is 5.32 Å². The Morgan fingerprint density at radius 3 is 3.08 bits per heavy atom. The average molecular weight is 363 g/mol. The Kier molecular flexibility index (Phi) is 5.63. The predicted molar refractivity (Wildman–Crippen MR) is 97.3 cm³/mol. The number of piperazine rings is 1. The molecule has 1 aliphatic heterocycles. The number of pyridine rings is 1. The van der Waals surface area contributed by atoms with Gasteiger partial charge >= 0.3 is 0 Å². The van der Waals surface area contributed by atoms with Crippen molar-refractivity contribution in [2.45, 2.75) is 12.6 Å². The molecule has 5 nitrogen and oxygen atoms in total. The SMILES string of the molecule is Cl.c1cncc(C2CNCCN2Cc2cc(-c3cccs3)on2)c1. The maximum atomic E-state index is 5.50. The van der Waals surface area contributed by atoms with E-state index >= 15 is 0 Å². The lowest BCUT2D eigenvalue weighted by molar-refractivity contribution is 0.149. The molecule has 3 aromatic heterocycles. The molecule has 1 unspecified atom stereocenters. The summed E-state index contributed by atoms with van der Waals surface area (Å²) in [7, 11) is 0. The van der Waals surface area contributed by atoms with Crippen LogP contribution in [-0.4, -0.2) is 34.7 Å². The second-order valence-corrected chi connectivity index (χ2v) is 6.58. The molecule has 0 spiro atoms. The Morgan fingerprint density at radius 2 is 2.29 bits per heavy atom. The fourth-order valence-corrected chi connectivity index (χ4v) is 3.64. The first kappa shape index (κ1) is 17.1. The summed E-state index contributed by atoms with van der Waals surface area (Å²) >= 11 is 1.67. The van der Waals surface area contributed by atoms with Crippen LogP contribution in [0, 0.1) is 0 Å². The van der Waals surface area contributed by atoms with Gasteiger partial charge in [-0.05, 0) is 23.1 Å². The number of nitrogens with one attached hydrogen (secondary N) is 1. The molecular formula is C17H19ClN4OS. The Bertz CT molecular complexity index is 747. The van der Waals surface area contributed by atoms with Gasteiger partial charge < -0.3 is 9.84 Å². The van der Waals surface area contributed by atoms with Crippen molar-refractivity contribution in [1.82, 2.24) is 20.4 Å². The van der Waals surface area contributed by atoms with Crippen molar-refractivity contribution in [1.29, 1.82) is 0 Å². The van der Waals surface area contributed by atoms with E-state index in [4.69, 9.17) is 4.52 Å². The second kappa shape index (κ2) is 7.90. The first-order chi connectivity index (χ1) is 11.4. The third kappa shape index (κ3) is 3.67. The normalized spacial score (nSPS) is 18.2. The molecule has 4 rings (SSSR count). The zero-order chi connectivity index (χ0) is 15.5. The van der Waals surface area contributed by atoms with Crippen LogP contribution in [-0.2, 0) is 6.54 Å². The predicted octanol–water partition coefficient (Wildman–Crippen LogP) is 3.37. The van der Waals surface area contributed by atoms with Crippen LogP contribution in [0.5, 0.6) is 0 Å². The number of nitrogens with zero attached hydrogens (tertiary/aromatic N) is 3. The quantitative estimate of drug-likeness (QED) is 0.771. The van der Waals surface area contributed by atoms with Crippen molar-refractivity contribution in [3.05, 3.63) is 59.4 Å². The van der Waals surface area contributed by atoms with Gasteiger partial charge in [-0.25, -0.2) is 0 Å². The number of rotatable bonds is 4. The molecule has 0 aromatic carbocycles. The van der Waals surface area contributed by atoms with E-state index in [1.807, 2.05) is 36.0 Å². The van der Waals surface area contributed by atoms with Crippen LogP contribution in [0.2, 0.25) is 0 Å². The molecule has 1 fully saturated rings. The van der Waals surface area contributed by atoms with Gasteiger partial charge in [0.05, 0.1) is 10.6 Å². The molecule has 4 heterocycles. The zero-order valence-electron chi connectivity index (χ0n) is 13.1. The molecule has 1 N–H and O–H groups in total. The molecule has 1 aliphatic rings. The summed E-state index contributed by atoms with van der Waals surface area (Å²) in [4.78, 5) is 7.80. The number of thiophene rings is 1. The Hall–Kier alpha value is -1.73. The summed E-state index contributed by atoms with van der Waals surface area (Å²) in [6.45, 7) is 3.70. The van der Waals surface area contributed by atoms with Crippen LogP contribution in [0.25, 0.3) is 10.6 Å². The molecule has 0 radical (unpaired) electrons. The lowest BCUT2D eigenvalue weighted by atomic mass is 10.1. The van der Waals surface area contributed by atoms with E-state index in [0.29, 0.717) is 6.04 Å². The van der Waals surface area contributed by atoms with E-state index in [-0.39, 0.29) is 12.4 Å². The standard InChI is InChI=1S/C17H18N4OS.ClH/c1-3-13(10-18-5-1)15-11-19-6-7-21(15)12-14-9-16(22-20-14)17-4-2-8-23-17;/h1-5,8-10,15,19H,6-7,11-12H2;1H. The van der Waals surface area contributed by atoms with Crippen LogP contribution in [0.1, 0.15) is 17.3 Å². The van der Waals surface area contributed by atoms with Gasteiger partial charge in [0.2, 0.25) is 0 Å². The average Bonchev–Trinajstić information content (AvgIpc) is 3.27. The van der Waals surface area contributed by atoms with E-state index in [1.165, 1.54) is 5.56 Å². The van der Waals surface area contributed by atoms with Gasteiger partial charge in [-0.2, -0.15) is 0 Å². The van der Waals surface area contributed by atoms with E-state index in [0.717, 1.165) is 42.5 Å². The molecule has 0 bridgehead atoms. The molecular weight excluding hydrogens is 344 g/mol. The number of hydrogen-bond donors (Lipinski definition) is 1. The first-order valence-electron chi connectivity index (χ1n) is 7.74. The molecule has 0 saturated carbocycles. The van der Waals surface area contributed by atoms with E-state index in [9.17, 15) is 0 Å². The minimum absolute atomic E-state index is 0. The fraction of sp³-hybridized carbons (Fsp3) is 0.294. The Balaban J connectivity index is 0.00000169. The van der Waals surface area contributed by atoms with Crippen LogP contribution >= 0.6 is 23.7 Å². The fourth-order valence-electron chi connectivity index (χ4n) is 2.97. The van der Waals surface area contributed by atoms with Gasteiger partial charge in [0.1, 0.15) is 0 Å². The lowest BCUT2D eigenvalue weighted by Crippen LogP contribution is -2.45. The van der Waals surface area contributed by atoms with E-state index in [2.05, 4.69) is 32.5 Å². The topological polar surface area (TPSA) is 54.2 Å². The number of halogens is 1. The van der Waals surface area contributed by atoms with E-state index < -0.39 is 0 Å². The van der Waals surface area contributed by atoms with Crippen molar-refractivity contribution in [2.24, 2.45) is 0 Å². The highest BCUT2D eigenvalue weighted by Crippen LogP contribution is 2.27. The molecule has 3 aromatic rings. The van der Waals surface area contributed by atoms with Gasteiger partial charge in [-0.3, -0.25) is 9.88 Å². The van der Waals surface area contributed by atoms with Gasteiger partial charge in [0.25, 0.3) is 0 Å². The molecule has 7 heteroatoms. The third-order valence-corrected chi connectivity index (χ3v) is 5.00. The highest BCUT2D eigenvalue weighted by atomic mass is 35.5. The van der Waals surface area contributed by atoms with Crippen molar-refractivity contribution in [2.75, 3.05) is 19.6 Å². The van der Waals surface area contributed by atoms with Crippen molar-refractivity contribution < 1.29 is 4.52 Å². The largest absolute Gasteiger partial charge is 0.355 e. The monoisotopic (exact) mass is 362 g/mol. The van der Waals surface area contributed by atoms with Crippen molar-refractivity contribution >= 4 is 23.7 Å². The Morgan fingerprint density at radius 1 is 1.33 bits per heavy atom. The summed E-state index contributed by atoms with van der Waals surface area (Å²) in [6, 6.07) is 10.6. The molecule has 0 amide bonds. The third-order valence-electron chi connectivity index (χ3n) is 4.11. The number of hydrogen-bond acceptors (Lipinski definition) is 6. The summed E-state index contributed by atoms with van der Waals surface area (Å²) < 4.78 is 5.50. The van der Waals surface area contributed by atoms with Gasteiger partial charge in [0.15, 0.2) is 5.76 Å². The van der Waals surface area contributed by atoms with Gasteiger partial charge in [-0.15, -0.1) is 23.7 Å². The molecule has 0 aliphatic carbocycles. The highest BCUT2D eigenvalue weighted by Gasteiger charge is 2.25. The zero-order valence-corrected chi connectivity index (χ0v) is 14.7. The first-order valence-corrected chi connectivity index (χ1v) is 8.62. The van der Waals surface area contributed by atoms with Crippen molar-refractivity contribution in [3.8, 4) is 10.6 Å². The maximum Gasteiger partial charge on any atom is 0.177 e. The minimum atomic E-state index is 0.